The van der Waals surface area contributed by atoms with E-state index in [1.807, 2.05) is 17.9 Å². The highest BCUT2D eigenvalue weighted by Crippen LogP contribution is 2.45. The minimum absolute atomic E-state index is 0.0269. The van der Waals surface area contributed by atoms with Gasteiger partial charge in [-0.3, -0.25) is 9.59 Å². The molecule has 39 heavy (non-hydrogen) atoms. The molecule has 0 unspecified atom stereocenters. The van der Waals surface area contributed by atoms with E-state index in [-0.39, 0.29) is 45.8 Å². The highest BCUT2D eigenvalue weighted by molar-refractivity contribution is 6.06. The lowest BCUT2D eigenvalue weighted by Gasteiger charge is -2.38. The first-order valence-corrected chi connectivity index (χ1v) is 13.2. The molecular formula is C29H30F3N5O2. The summed E-state index contributed by atoms with van der Waals surface area (Å²) in [5.41, 5.74) is -0.373. The summed E-state index contributed by atoms with van der Waals surface area (Å²) in [4.78, 5) is 32.1. The first-order valence-electron chi connectivity index (χ1n) is 13.2. The Kier molecular flexibility index (Phi) is 7.10. The zero-order valence-electron chi connectivity index (χ0n) is 21.9. The number of fused-ring (bicyclic) bond motifs is 1. The maximum Gasteiger partial charge on any atom is 0.419 e. The minimum atomic E-state index is -4.77. The molecule has 2 aromatic heterocycles. The lowest BCUT2D eigenvalue weighted by atomic mass is 9.80. The molecule has 1 aliphatic heterocycles. The van der Waals surface area contributed by atoms with Gasteiger partial charge in [0.15, 0.2) is 0 Å². The molecule has 2 amide bonds. The normalized spacial score (nSPS) is 20.3. The molecule has 10 heteroatoms. The van der Waals surface area contributed by atoms with Crippen molar-refractivity contribution >= 4 is 28.5 Å². The third-order valence-electron chi connectivity index (χ3n) is 8.12. The van der Waals surface area contributed by atoms with E-state index in [0.717, 1.165) is 31.9 Å². The van der Waals surface area contributed by atoms with Gasteiger partial charge in [-0.2, -0.15) is 18.4 Å². The number of aromatic nitrogens is 2. The van der Waals surface area contributed by atoms with Crippen LogP contribution in [-0.2, 0) is 18.0 Å². The fourth-order valence-corrected chi connectivity index (χ4v) is 6.21. The van der Waals surface area contributed by atoms with Crippen molar-refractivity contribution in [1.82, 2.24) is 14.5 Å². The summed E-state index contributed by atoms with van der Waals surface area (Å²) in [7, 11) is 1.66. The Bertz CT molecular complexity index is 1470. The van der Waals surface area contributed by atoms with Gasteiger partial charge < -0.3 is 14.8 Å². The van der Waals surface area contributed by atoms with Gasteiger partial charge in [0.2, 0.25) is 5.91 Å². The van der Waals surface area contributed by atoms with E-state index in [1.54, 1.807) is 17.8 Å². The standard InChI is InChI=1S/C29H30F3N5O2/c1-17-15-37(28(39)19-7-3-4-8-19)11-10-21(17)22-16-36(2)26-24(22)25(29(30,31)32)23(14-34-26)35-27(38)20-9-5-6-18(12-20)13-33/h5-6,9,12,14,16-17,19,21H,3-4,7-8,10-11,15H2,1-2H3,(H,35,38)/t17-,21+/m0/s1. The first kappa shape index (κ1) is 26.7. The number of rotatable bonds is 4. The number of nitriles is 1. The number of amides is 2. The third-order valence-corrected chi connectivity index (χ3v) is 8.12. The molecular weight excluding hydrogens is 507 g/mol. The number of carbonyl (C=O) groups excluding carboxylic acids is 2. The fourth-order valence-electron chi connectivity index (χ4n) is 6.21. The van der Waals surface area contributed by atoms with Crippen molar-refractivity contribution in [3.63, 3.8) is 0 Å². The van der Waals surface area contributed by atoms with Gasteiger partial charge in [0.1, 0.15) is 5.65 Å². The number of benzene rings is 1. The van der Waals surface area contributed by atoms with Crippen molar-refractivity contribution in [2.24, 2.45) is 18.9 Å². The lowest BCUT2D eigenvalue weighted by Crippen LogP contribution is -2.44. The Hall–Kier alpha value is -3.87. The summed E-state index contributed by atoms with van der Waals surface area (Å²) in [6, 6.07) is 7.69. The molecule has 0 bridgehead atoms. The molecule has 204 valence electrons. The molecule has 1 N–H and O–H groups in total. The highest BCUT2D eigenvalue weighted by atomic mass is 19.4. The van der Waals surface area contributed by atoms with Crippen molar-refractivity contribution in [2.45, 2.75) is 51.1 Å². The van der Waals surface area contributed by atoms with Crippen molar-refractivity contribution < 1.29 is 22.8 Å². The fraction of sp³-hybridized carbons (Fsp3) is 0.448. The predicted molar refractivity (Wildman–Crippen MR) is 140 cm³/mol. The lowest BCUT2D eigenvalue weighted by molar-refractivity contribution is -0.137. The molecule has 1 saturated carbocycles. The zero-order chi connectivity index (χ0) is 27.9. The summed E-state index contributed by atoms with van der Waals surface area (Å²) in [6.45, 7) is 2.98. The number of hydrogen-bond acceptors (Lipinski definition) is 4. The number of alkyl halides is 3. The maximum absolute atomic E-state index is 14.7. The van der Waals surface area contributed by atoms with E-state index in [0.29, 0.717) is 25.1 Å². The van der Waals surface area contributed by atoms with Gasteiger partial charge in [-0.05, 0) is 54.9 Å². The summed E-state index contributed by atoms with van der Waals surface area (Å²) >= 11 is 0. The smallest absolute Gasteiger partial charge is 0.342 e. The number of piperidine rings is 1. The Morgan fingerprint density at radius 3 is 2.59 bits per heavy atom. The molecule has 0 spiro atoms. The molecule has 2 fully saturated rings. The van der Waals surface area contributed by atoms with E-state index in [9.17, 15) is 22.8 Å². The molecule has 1 saturated heterocycles. The number of hydrogen-bond donors (Lipinski definition) is 1. The average molecular weight is 538 g/mol. The number of halogens is 3. The van der Waals surface area contributed by atoms with Crippen LogP contribution < -0.4 is 5.32 Å². The van der Waals surface area contributed by atoms with Crippen molar-refractivity contribution in [1.29, 1.82) is 5.26 Å². The Morgan fingerprint density at radius 2 is 1.92 bits per heavy atom. The Balaban J connectivity index is 1.50. The molecule has 3 heterocycles. The Labute approximate surface area is 224 Å². The molecule has 0 radical (unpaired) electrons. The summed E-state index contributed by atoms with van der Waals surface area (Å²) in [6.07, 6.45) is 2.46. The number of aryl methyl sites for hydroxylation is 1. The summed E-state index contributed by atoms with van der Waals surface area (Å²) in [5, 5.41) is 11.5. The van der Waals surface area contributed by atoms with Crippen LogP contribution in [-0.4, -0.2) is 39.4 Å². The predicted octanol–water partition coefficient (Wildman–Crippen LogP) is 5.86. The second-order valence-corrected chi connectivity index (χ2v) is 10.7. The minimum Gasteiger partial charge on any atom is -0.342 e. The number of anilines is 1. The van der Waals surface area contributed by atoms with Gasteiger partial charge in [-0.25, -0.2) is 4.98 Å². The van der Waals surface area contributed by atoms with Crippen LogP contribution in [0.2, 0.25) is 0 Å². The molecule has 2 atom stereocenters. The van der Waals surface area contributed by atoms with Crippen LogP contribution in [0, 0.1) is 23.2 Å². The molecule has 3 aromatic rings. The van der Waals surface area contributed by atoms with Crippen molar-refractivity contribution in [3.8, 4) is 6.07 Å². The number of likely N-dealkylation sites (tertiary alicyclic amines) is 1. The molecule has 5 rings (SSSR count). The van der Waals surface area contributed by atoms with Gasteiger partial charge in [-0.1, -0.05) is 25.8 Å². The topological polar surface area (TPSA) is 91.0 Å². The van der Waals surface area contributed by atoms with E-state index in [2.05, 4.69) is 10.3 Å². The summed E-state index contributed by atoms with van der Waals surface area (Å²) < 4.78 is 45.6. The Morgan fingerprint density at radius 1 is 1.18 bits per heavy atom. The SMILES string of the molecule is C[C@H]1CN(C(=O)C2CCCC2)CC[C@H]1c1cn(C)c2ncc(NC(=O)c3cccc(C#N)c3)c(C(F)(F)F)c12. The largest absolute Gasteiger partial charge is 0.419 e. The summed E-state index contributed by atoms with van der Waals surface area (Å²) in [5.74, 6) is -0.792. The molecule has 1 aliphatic carbocycles. The van der Waals surface area contributed by atoms with Crippen LogP contribution in [0.1, 0.15) is 72.0 Å². The van der Waals surface area contributed by atoms with Crippen LogP contribution in [0.3, 0.4) is 0 Å². The number of pyridine rings is 1. The highest BCUT2D eigenvalue weighted by Gasteiger charge is 2.41. The molecule has 7 nitrogen and oxygen atoms in total. The van der Waals surface area contributed by atoms with Crippen molar-refractivity contribution in [2.75, 3.05) is 18.4 Å². The second kappa shape index (κ2) is 10.4. The zero-order valence-corrected chi connectivity index (χ0v) is 21.9. The number of carbonyl (C=O) groups is 2. The van der Waals surface area contributed by atoms with E-state index in [4.69, 9.17) is 5.26 Å². The van der Waals surface area contributed by atoms with Crippen LogP contribution in [0.25, 0.3) is 11.0 Å². The van der Waals surface area contributed by atoms with Gasteiger partial charge in [0, 0.05) is 43.2 Å². The number of nitrogens with one attached hydrogen (secondary N) is 1. The number of nitrogens with zero attached hydrogens (tertiary/aromatic N) is 4. The van der Waals surface area contributed by atoms with Gasteiger partial charge in [-0.15, -0.1) is 0 Å². The van der Waals surface area contributed by atoms with E-state index in [1.165, 1.54) is 24.3 Å². The first-order chi connectivity index (χ1) is 18.6. The maximum atomic E-state index is 14.7. The van der Waals surface area contributed by atoms with Crippen molar-refractivity contribution in [3.05, 3.63) is 58.9 Å². The second-order valence-electron chi connectivity index (χ2n) is 10.7. The van der Waals surface area contributed by atoms with Crippen LogP contribution >= 0.6 is 0 Å². The van der Waals surface area contributed by atoms with Crippen LogP contribution in [0.15, 0.2) is 36.7 Å². The van der Waals surface area contributed by atoms with Gasteiger partial charge in [0.25, 0.3) is 5.91 Å². The van der Waals surface area contributed by atoms with Gasteiger partial charge >= 0.3 is 6.18 Å². The van der Waals surface area contributed by atoms with Gasteiger partial charge in [0.05, 0.1) is 29.1 Å². The molecule has 2 aliphatic rings. The van der Waals surface area contributed by atoms with E-state index >= 15 is 0 Å². The van der Waals surface area contributed by atoms with E-state index < -0.39 is 23.3 Å². The monoisotopic (exact) mass is 537 g/mol. The van der Waals surface area contributed by atoms with Crippen LogP contribution in [0.5, 0.6) is 0 Å². The quantitative estimate of drug-likeness (QED) is 0.452. The molecule has 1 aromatic carbocycles. The third kappa shape index (κ3) is 5.10. The average Bonchev–Trinajstić information content (AvgIpc) is 3.56. The van der Waals surface area contributed by atoms with Crippen LogP contribution in [0.4, 0.5) is 18.9 Å².